The molecule has 5 rings (SSSR count). The van der Waals surface area contributed by atoms with Crippen molar-refractivity contribution in [3.63, 3.8) is 0 Å². The van der Waals surface area contributed by atoms with Gasteiger partial charge in [0.05, 0.1) is 13.0 Å². The summed E-state index contributed by atoms with van der Waals surface area (Å²) in [5, 5.41) is 10.7. The van der Waals surface area contributed by atoms with Gasteiger partial charge in [0.15, 0.2) is 11.5 Å². The number of hydrogen-bond donors (Lipinski definition) is 1. The van der Waals surface area contributed by atoms with Gasteiger partial charge in [-0.1, -0.05) is 55.5 Å². The van der Waals surface area contributed by atoms with Crippen molar-refractivity contribution >= 4 is 11.9 Å². The molecule has 2 unspecified atom stereocenters. The molecular formula is C31H34N2O6. The Morgan fingerprint density at radius 1 is 1.03 bits per heavy atom. The Labute approximate surface area is 228 Å². The van der Waals surface area contributed by atoms with E-state index in [1.807, 2.05) is 86.8 Å². The molecule has 0 aliphatic carbocycles. The number of fused-ring (bicyclic) bond motifs is 1. The third-order valence-electron chi connectivity index (χ3n) is 7.72. The van der Waals surface area contributed by atoms with E-state index in [4.69, 9.17) is 14.2 Å². The van der Waals surface area contributed by atoms with Gasteiger partial charge in [-0.05, 0) is 47.4 Å². The number of carboxylic acids is 1. The number of likely N-dealkylation sites (tertiary alicyclic amines) is 1. The largest absolute Gasteiger partial charge is 0.497 e. The standard InChI is InChI=1S/C31H34N2O6/c1-4-16-32(2)30(34)29(20-8-6-5-7-9-20)33-18-24(22-12-15-25-26(17-22)39-19-38-25)27(31(35)36)28(33)21-10-13-23(37-3)14-11-21/h5-15,17,24,27-29H,4,16,18-19H2,1-3H3,(H,35,36)/t24?,27-,28+,29?/m0/s1. The van der Waals surface area contributed by atoms with Crippen LogP contribution in [0.4, 0.5) is 0 Å². The van der Waals surface area contributed by atoms with Crippen molar-refractivity contribution in [2.24, 2.45) is 5.92 Å². The maximum absolute atomic E-state index is 14.1. The van der Waals surface area contributed by atoms with Crippen molar-refractivity contribution in [2.75, 3.05) is 34.0 Å². The Morgan fingerprint density at radius 2 is 1.72 bits per heavy atom. The predicted molar refractivity (Wildman–Crippen MR) is 146 cm³/mol. The number of benzene rings is 3. The average molecular weight is 531 g/mol. The Morgan fingerprint density at radius 3 is 2.38 bits per heavy atom. The summed E-state index contributed by atoms with van der Waals surface area (Å²) in [5.41, 5.74) is 2.49. The predicted octanol–water partition coefficient (Wildman–Crippen LogP) is 4.87. The fourth-order valence-corrected chi connectivity index (χ4v) is 5.88. The summed E-state index contributed by atoms with van der Waals surface area (Å²) < 4.78 is 16.5. The van der Waals surface area contributed by atoms with Crippen LogP contribution in [0.1, 0.15) is 48.0 Å². The monoisotopic (exact) mass is 530 g/mol. The lowest BCUT2D eigenvalue weighted by Crippen LogP contribution is -2.42. The quantitative estimate of drug-likeness (QED) is 0.422. The lowest BCUT2D eigenvalue weighted by Gasteiger charge is -2.36. The molecule has 2 aliphatic heterocycles. The zero-order valence-corrected chi connectivity index (χ0v) is 22.4. The van der Waals surface area contributed by atoms with Crippen LogP contribution in [0.15, 0.2) is 72.8 Å². The fraction of sp³-hybridized carbons (Fsp3) is 0.355. The highest BCUT2D eigenvalue weighted by Crippen LogP contribution is 2.51. The average Bonchev–Trinajstić information content (AvgIpc) is 3.59. The van der Waals surface area contributed by atoms with Crippen molar-refractivity contribution in [1.82, 2.24) is 9.80 Å². The molecule has 39 heavy (non-hydrogen) atoms. The third kappa shape index (κ3) is 5.16. The highest BCUT2D eigenvalue weighted by Gasteiger charge is 2.51. The number of carbonyl (C=O) groups excluding carboxylic acids is 1. The maximum Gasteiger partial charge on any atom is 0.309 e. The lowest BCUT2D eigenvalue weighted by atomic mass is 9.82. The van der Waals surface area contributed by atoms with E-state index < -0.39 is 24.0 Å². The number of hydrogen-bond acceptors (Lipinski definition) is 6. The summed E-state index contributed by atoms with van der Waals surface area (Å²) in [6.07, 6.45) is 0.823. The SMILES string of the molecule is CCCN(C)C(=O)C(c1ccccc1)N1CC(c2ccc3c(c2)OCO3)[C@H](C(=O)O)[C@H]1c1ccc(OC)cc1. The van der Waals surface area contributed by atoms with Crippen LogP contribution in [-0.4, -0.2) is 60.8 Å². The molecule has 0 aromatic heterocycles. The number of nitrogens with zero attached hydrogens (tertiary/aromatic N) is 2. The molecule has 2 aliphatic rings. The van der Waals surface area contributed by atoms with Crippen molar-refractivity contribution in [3.05, 3.63) is 89.5 Å². The summed E-state index contributed by atoms with van der Waals surface area (Å²) in [5.74, 6) is -0.242. The van der Waals surface area contributed by atoms with Gasteiger partial charge in [-0.3, -0.25) is 14.5 Å². The molecule has 3 aromatic carbocycles. The molecule has 1 saturated heterocycles. The van der Waals surface area contributed by atoms with Gasteiger partial charge in [0.1, 0.15) is 11.8 Å². The number of aliphatic carboxylic acids is 1. The minimum atomic E-state index is -0.915. The first-order valence-electron chi connectivity index (χ1n) is 13.2. The normalized spacial score (nSPS) is 20.9. The van der Waals surface area contributed by atoms with E-state index in [0.29, 0.717) is 30.3 Å². The highest BCUT2D eigenvalue weighted by atomic mass is 16.7. The number of carboxylic acid groups (broad SMARTS) is 1. The van der Waals surface area contributed by atoms with Crippen molar-refractivity contribution in [3.8, 4) is 17.2 Å². The van der Waals surface area contributed by atoms with E-state index in [0.717, 1.165) is 23.1 Å². The number of carbonyl (C=O) groups is 2. The molecule has 0 saturated carbocycles. The topological polar surface area (TPSA) is 88.5 Å². The first kappa shape index (κ1) is 26.6. The summed E-state index contributed by atoms with van der Waals surface area (Å²) >= 11 is 0. The lowest BCUT2D eigenvalue weighted by molar-refractivity contribution is -0.145. The molecule has 8 nitrogen and oxygen atoms in total. The van der Waals surface area contributed by atoms with E-state index in [1.54, 1.807) is 12.0 Å². The summed E-state index contributed by atoms with van der Waals surface area (Å²) in [7, 11) is 3.41. The van der Waals surface area contributed by atoms with Crippen molar-refractivity contribution in [1.29, 1.82) is 0 Å². The van der Waals surface area contributed by atoms with Crippen LogP contribution in [0.25, 0.3) is 0 Å². The molecule has 1 fully saturated rings. The van der Waals surface area contributed by atoms with Crippen LogP contribution in [0.2, 0.25) is 0 Å². The molecule has 0 bridgehead atoms. The Bertz CT molecular complexity index is 1310. The number of amides is 1. The van der Waals surface area contributed by atoms with Gasteiger partial charge in [0.2, 0.25) is 12.7 Å². The molecule has 0 spiro atoms. The second-order valence-electron chi connectivity index (χ2n) is 10.1. The van der Waals surface area contributed by atoms with Crippen LogP contribution < -0.4 is 14.2 Å². The van der Waals surface area contributed by atoms with E-state index in [1.165, 1.54) is 0 Å². The minimum absolute atomic E-state index is 0.0583. The maximum atomic E-state index is 14.1. The summed E-state index contributed by atoms with van der Waals surface area (Å²) in [6.45, 7) is 3.16. The van der Waals surface area contributed by atoms with Crippen molar-refractivity contribution in [2.45, 2.75) is 31.3 Å². The molecule has 1 N–H and O–H groups in total. The van der Waals surface area contributed by atoms with Gasteiger partial charge < -0.3 is 24.2 Å². The molecule has 204 valence electrons. The Balaban J connectivity index is 1.65. The first-order chi connectivity index (χ1) is 18.9. The van der Waals surface area contributed by atoms with Gasteiger partial charge in [-0.25, -0.2) is 0 Å². The van der Waals surface area contributed by atoms with Crippen LogP contribution in [0, 0.1) is 5.92 Å². The second-order valence-corrected chi connectivity index (χ2v) is 10.1. The fourth-order valence-electron chi connectivity index (χ4n) is 5.88. The molecular weight excluding hydrogens is 496 g/mol. The van der Waals surface area contributed by atoms with E-state index >= 15 is 0 Å². The Hall–Kier alpha value is -4.04. The first-order valence-corrected chi connectivity index (χ1v) is 13.2. The van der Waals surface area contributed by atoms with Gasteiger partial charge in [0.25, 0.3) is 0 Å². The number of likely N-dealkylation sites (N-methyl/N-ethyl adjacent to an activating group) is 1. The van der Waals surface area contributed by atoms with Gasteiger partial charge in [-0.2, -0.15) is 0 Å². The summed E-state index contributed by atoms with van der Waals surface area (Å²) in [4.78, 5) is 30.9. The highest BCUT2D eigenvalue weighted by molar-refractivity contribution is 5.84. The van der Waals surface area contributed by atoms with Gasteiger partial charge >= 0.3 is 5.97 Å². The minimum Gasteiger partial charge on any atom is -0.497 e. The number of methoxy groups -OCH3 is 1. The third-order valence-corrected chi connectivity index (χ3v) is 7.72. The smallest absolute Gasteiger partial charge is 0.309 e. The molecule has 4 atom stereocenters. The van der Waals surface area contributed by atoms with Gasteiger partial charge in [0, 0.05) is 32.1 Å². The molecule has 3 aromatic rings. The van der Waals surface area contributed by atoms with E-state index in [9.17, 15) is 14.7 Å². The number of ether oxygens (including phenoxy) is 3. The van der Waals surface area contributed by atoms with Crippen LogP contribution in [0.3, 0.4) is 0 Å². The molecule has 2 heterocycles. The molecule has 0 radical (unpaired) electrons. The molecule has 8 heteroatoms. The second kappa shape index (κ2) is 11.4. The zero-order chi connectivity index (χ0) is 27.5. The van der Waals surface area contributed by atoms with Crippen LogP contribution in [0.5, 0.6) is 17.2 Å². The van der Waals surface area contributed by atoms with E-state index in [-0.39, 0.29) is 18.6 Å². The van der Waals surface area contributed by atoms with E-state index in [2.05, 4.69) is 4.90 Å². The summed E-state index contributed by atoms with van der Waals surface area (Å²) in [6, 6.07) is 21.5. The van der Waals surface area contributed by atoms with Gasteiger partial charge in [-0.15, -0.1) is 0 Å². The van der Waals surface area contributed by atoms with Crippen LogP contribution >= 0.6 is 0 Å². The molecule has 1 amide bonds. The Kier molecular flexibility index (Phi) is 7.74. The van der Waals surface area contributed by atoms with Crippen molar-refractivity contribution < 1.29 is 28.9 Å². The number of rotatable bonds is 9. The zero-order valence-electron chi connectivity index (χ0n) is 22.4. The van der Waals surface area contributed by atoms with Crippen LogP contribution in [-0.2, 0) is 9.59 Å².